The van der Waals surface area contributed by atoms with Crippen molar-refractivity contribution in [3.8, 4) is 16.9 Å². The number of hydrogen-bond acceptors (Lipinski definition) is 2. The predicted molar refractivity (Wildman–Crippen MR) is 89.0 cm³/mol. The molecule has 0 bridgehead atoms. The number of rotatable bonds is 2. The molecule has 0 aliphatic rings. The summed E-state index contributed by atoms with van der Waals surface area (Å²) >= 11 is 0. The lowest BCUT2D eigenvalue weighted by atomic mass is 10.0. The van der Waals surface area contributed by atoms with Crippen LogP contribution in [0.25, 0.3) is 27.7 Å². The summed E-state index contributed by atoms with van der Waals surface area (Å²) in [4.78, 5) is 0. The van der Waals surface area contributed by atoms with Gasteiger partial charge in [-0.3, -0.25) is 0 Å². The molecule has 0 spiro atoms. The summed E-state index contributed by atoms with van der Waals surface area (Å²) in [5, 5.41) is 11.1. The third kappa shape index (κ3) is 1.99. The Bertz CT molecular complexity index is 934. The van der Waals surface area contributed by atoms with Crippen molar-refractivity contribution in [1.82, 2.24) is 15.0 Å². The van der Waals surface area contributed by atoms with Gasteiger partial charge in [-0.05, 0) is 29.8 Å². The second-order valence-corrected chi connectivity index (χ2v) is 5.30. The van der Waals surface area contributed by atoms with Crippen LogP contribution in [0.15, 0.2) is 72.8 Å². The van der Waals surface area contributed by atoms with Gasteiger partial charge in [0.1, 0.15) is 0 Å². The van der Waals surface area contributed by atoms with E-state index in [9.17, 15) is 0 Å². The Balaban J connectivity index is 2.02. The molecule has 3 heteroatoms. The molecule has 0 N–H and O–H groups in total. The molecule has 0 saturated carbocycles. The van der Waals surface area contributed by atoms with Crippen LogP contribution in [0.2, 0.25) is 0 Å². The summed E-state index contributed by atoms with van der Waals surface area (Å²) in [5.41, 5.74) is 4.15. The molecule has 0 aliphatic heterocycles. The lowest BCUT2D eigenvalue weighted by Crippen LogP contribution is -1.99. The summed E-state index contributed by atoms with van der Waals surface area (Å²) in [7, 11) is 0. The van der Waals surface area contributed by atoms with Gasteiger partial charge in [-0.25, -0.2) is 4.68 Å². The average molecular weight is 285 g/mol. The summed E-state index contributed by atoms with van der Waals surface area (Å²) < 4.78 is 1.91. The Morgan fingerprint density at radius 1 is 0.773 bits per heavy atom. The van der Waals surface area contributed by atoms with E-state index in [2.05, 4.69) is 52.8 Å². The molecule has 0 atom stereocenters. The molecule has 0 fully saturated rings. The number of aromatic nitrogens is 3. The first-order chi connectivity index (χ1) is 10.8. The molecule has 0 amide bonds. The fraction of sp³-hybridized carbons (Fsp3) is 0.0526. The van der Waals surface area contributed by atoms with Gasteiger partial charge in [-0.2, -0.15) is 0 Å². The van der Waals surface area contributed by atoms with Crippen LogP contribution in [0, 0.1) is 6.92 Å². The number of fused-ring (bicyclic) bond motifs is 1. The minimum atomic E-state index is 0.931. The van der Waals surface area contributed by atoms with Crippen LogP contribution in [-0.4, -0.2) is 15.0 Å². The van der Waals surface area contributed by atoms with Crippen LogP contribution < -0.4 is 0 Å². The van der Waals surface area contributed by atoms with E-state index in [1.165, 1.54) is 10.8 Å². The smallest absolute Gasteiger partial charge is 0.0979 e. The molecule has 0 aliphatic carbocycles. The van der Waals surface area contributed by atoms with Crippen molar-refractivity contribution in [2.24, 2.45) is 0 Å². The van der Waals surface area contributed by atoms with Gasteiger partial charge >= 0.3 is 0 Å². The quantitative estimate of drug-likeness (QED) is 0.546. The molecule has 106 valence electrons. The third-order valence-electron chi connectivity index (χ3n) is 3.88. The van der Waals surface area contributed by atoms with E-state index in [0.29, 0.717) is 0 Å². The fourth-order valence-corrected chi connectivity index (χ4v) is 2.85. The van der Waals surface area contributed by atoms with E-state index in [1.54, 1.807) is 0 Å². The topological polar surface area (TPSA) is 30.7 Å². The Morgan fingerprint density at radius 3 is 2.36 bits per heavy atom. The van der Waals surface area contributed by atoms with Gasteiger partial charge in [0.25, 0.3) is 0 Å². The molecule has 0 saturated heterocycles. The van der Waals surface area contributed by atoms with Crippen molar-refractivity contribution in [2.45, 2.75) is 6.92 Å². The first-order valence-electron chi connectivity index (χ1n) is 7.30. The first kappa shape index (κ1) is 12.8. The van der Waals surface area contributed by atoms with E-state index in [-0.39, 0.29) is 0 Å². The SMILES string of the molecule is Cc1nnn(-c2ccccc2)c1-c1cccc2ccccc12. The largest absolute Gasteiger partial charge is 0.213 e. The van der Waals surface area contributed by atoms with Gasteiger partial charge in [0.2, 0.25) is 0 Å². The van der Waals surface area contributed by atoms with E-state index in [4.69, 9.17) is 0 Å². The maximum absolute atomic E-state index is 4.34. The predicted octanol–water partition coefficient (Wildman–Crippen LogP) is 4.40. The third-order valence-corrected chi connectivity index (χ3v) is 3.88. The van der Waals surface area contributed by atoms with Crippen LogP contribution in [-0.2, 0) is 0 Å². The average Bonchev–Trinajstić information content (AvgIpc) is 2.96. The highest BCUT2D eigenvalue weighted by Crippen LogP contribution is 2.31. The standard InChI is InChI=1S/C19H15N3/c1-14-19(22(21-20-14)16-10-3-2-4-11-16)18-13-7-9-15-8-5-6-12-17(15)18/h2-13H,1H3. The monoisotopic (exact) mass is 285 g/mol. The maximum Gasteiger partial charge on any atom is 0.0979 e. The highest BCUT2D eigenvalue weighted by Gasteiger charge is 2.15. The molecule has 4 aromatic rings. The number of benzene rings is 3. The normalized spacial score (nSPS) is 11.0. The van der Waals surface area contributed by atoms with Crippen molar-refractivity contribution in [2.75, 3.05) is 0 Å². The second-order valence-electron chi connectivity index (χ2n) is 5.30. The van der Waals surface area contributed by atoms with Crippen molar-refractivity contribution in [3.05, 3.63) is 78.5 Å². The molecule has 22 heavy (non-hydrogen) atoms. The molecule has 0 unspecified atom stereocenters. The summed E-state index contributed by atoms with van der Waals surface area (Å²) in [6.07, 6.45) is 0. The molecule has 3 aromatic carbocycles. The Morgan fingerprint density at radius 2 is 1.50 bits per heavy atom. The lowest BCUT2D eigenvalue weighted by molar-refractivity contribution is 0.805. The summed E-state index contributed by atoms with van der Waals surface area (Å²) in [6.45, 7) is 2.00. The van der Waals surface area contributed by atoms with Crippen molar-refractivity contribution in [1.29, 1.82) is 0 Å². The van der Waals surface area contributed by atoms with E-state index < -0.39 is 0 Å². The van der Waals surface area contributed by atoms with Crippen molar-refractivity contribution in [3.63, 3.8) is 0 Å². The van der Waals surface area contributed by atoms with Gasteiger partial charge in [-0.1, -0.05) is 65.9 Å². The first-order valence-corrected chi connectivity index (χ1v) is 7.30. The van der Waals surface area contributed by atoms with Gasteiger partial charge in [0.05, 0.1) is 17.1 Å². The van der Waals surface area contributed by atoms with Crippen molar-refractivity contribution < 1.29 is 0 Å². The molecule has 4 rings (SSSR count). The fourth-order valence-electron chi connectivity index (χ4n) is 2.85. The second kappa shape index (κ2) is 5.11. The van der Waals surface area contributed by atoms with Gasteiger partial charge in [0.15, 0.2) is 0 Å². The van der Waals surface area contributed by atoms with E-state index in [1.807, 2.05) is 41.9 Å². The molecular formula is C19H15N3. The Hall–Kier alpha value is -2.94. The lowest BCUT2D eigenvalue weighted by Gasteiger charge is -2.10. The zero-order valence-electron chi connectivity index (χ0n) is 12.3. The van der Waals surface area contributed by atoms with Crippen molar-refractivity contribution >= 4 is 10.8 Å². The molecule has 3 nitrogen and oxygen atoms in total. The highest BCUT2D eigenvalue weighted by molar-refractivity contribution is 5.96. The molecule has 1 aromatic heterocycles. The zero-order valence-corrected chi connectivity index (χ0v) is 12.3. The number of aryl methyl sites for hydroxylation is 1. The van der Waals surface area contributed by atoms with E-state index >= 15 is 0 Å². The highest BCUT2D eigenvalue weighted by atomic mass is 15.4. The number of hydrogen-bond donors (Lipinski definition) is 0. The van der Waals surface area contributed by atoms with Gasteiger partial charge in [-0.15, -0.1) is 5.10 Å². The van der Waals surface area contributed by atoms with Crippen LogP contribution in [0.4, 0.5) is 0 Å². The van der Waals surface area contributed by atoms with E-state index in [0.717, 1.165) is 22.6 Å². The van der Waals surface area contributed by atoms with Gasteiger partial charge in [0, 0.05) is 5.56 Å². The summed E-state index contributed by atoms with van der Waals surface area (Å²) in [6, 6.07) is 24.9. The van der Waals surface area contributed by atoms with Gasteiger partial charge < -0.3 is 0 Å². The Kier molecular flexibility index (Phi) is 2.97. The number of nitrogens with zero attached hydrogens (tertiary/aromatic N) is 3. The molecule has 0 radical (unpaired) electrons. The molecule has 1 heterocycles. The van der Waals surface area contributed by atoms with Crippen LogP contribution in [0.1, 0.15) is 5.69 Å². The minimum Gasteiger partial charge on any atom is -0.213 e. The Labute approximate surface area is 128 Å². The summed E-state index contributed by atoms with van der Waals surface area (Å²) in [5.74, 6) is 0. The van der Waals surface area contributed by atoms with Crippen LogP contribution >= 0.6 is 0 Å². The van der Waals surface area contributed by atoms with Crippen LogP contribution in [0.5, 0.6) is 0 Å². The molecular weight excluding hydrogens is 270 g/mol. The minimum absolute atomic E-state index is 0.931. The van der Waals surface area contributed by atoms with Crippen LogP contribution in [0.3, 0.4) is 0 Å². The number of para-hydroxylation sites is 1. The zero-order chi connectivity index (χ0) is 14.9. The maximum atomic E-state index is 4.34.